The number of aromatic hydroxyl groups is 1. The lowest BCUT2D eigenvalue weighted by atomic mass is 9.94. The first kappa shape index (κ1) is 11.6. The molecule has 1 aliphatic rings. The van der Waals surface area contributed by atoms with Crippen molar-refractivity contribution in [1.29, 1.82) is 0 Å². The second-order valence-electron chi connectivity index (χ2n) is 6.27. The monoisotopic (exact) mass is 355 g/mol. The van der Waals surface area contributed by atoms with Crippen LogP contribution in [-0.2, 0) is 19.4 Å². The summed E-state index contributed by atoms with van der Waals surface area (Å²) in [6.45, 7) is 4.79. The van der Waals surface area contributed by atoms with Gasteiger partial charge in [0.25, 0.3) is 0 Å². The Hall–Kier alpha value is -1.94. The summed E-state index contributed by atoms with van der Waals surface area (Å²) >= 11 is 0. The Morgan fingerprint density at radius 1 is 1.21 bits per heavy atom. The molecule has 130 valence electrons. The maximum Gasteiger partial charge on any atom is 0.216 e. The van der Waals surface area contributed by atoms with E-state index in [0.29, 0.717) is 30.1 Å². The molecule has 0 bridgehead atoms. The van der Waals surface area contributed by atoms with E-state index in [1.165, 1.54) is 12.1 Å². The molecule has 1 aliphatic heterocycles. The molecule has 0 atom stereocenters. The number of pyridine rings is 1. The molecular weight excluding hydrogens is 326 g/mol. The summed E-state index contributed by atoms with van der Waals surface area (Å²) in [5.74, 6) is 0.223. The standard InChI is InChI=1S/C19H23NO3.ClH/c1-12(2)7-14-11-20-6-5-13-8-18(22-3)19(23-4)9-15(13)16(20)10-17(14)21;/h8-12H,5-7H2,1-4H3;1H/i3D3,4D3;. The summed E-state index contributed by atoms with van der Waals surface area (Å²) in [7, 11) is -5.51. The number of aryl methyl sites for hydroxylation is 2. The summed E-state index contributed by atoms with van der Waals surface area (Å²) in [4.78, 5) is 0. The Morgan fingerprint density at radius 2 is 1.92 bits per heavy atom. The number of aromatic nitrogens is 1. The summed E-state index contributed by atoms with van der Waals surface area (Å²) in [5.41, 5.74) is 3.00. The summed E-state index contributed by atoms with van der Waals surface area (Å²) < 4.78 is 56.2. The molecule has 0 fully saturated rings. The van der Waals surface area contributed by atoms with Crippen LogP contribution in [0.4, 0.5) is 0 Å². The number of hydrogen-bond acceptors (Lipinski definition) is 3. The third-order valence-corrected chi connectivity index (χ3v) is 4.14. The molecule has 0 aliphatic carbocycles. The molecule has 0 spiro atoms. The van der Waals surface area contributed by atoms with Crippen LogP contribution in [-0.4, -0.2) is 19.2 Å². The van der Waals surface area contributed by atoms with Gasteiger partial charge in [-0.05, 0) is 30.0 Å². The molecule has 0 unspecified atom stereocenters. The van der Waals surface area contributed by atoms with Crippen LogP contribution >= 0.6 is 0 Å². The van der Waals surface area contributed by atoms with Crippen LogP contribution in [0, 0.1) is 5.92 Å². The fraction of sp³-hybridized carbons (Fsp3) is 0.421. The predicted octanol–water partition coefficient (Wildman–Crippen LogP) is 0.122. The van der Waals surface area contributed by atoms with Crippen molar-refractivity contribution in [2.45, 2.75) is 33.2 Å². The number of halogens is 1. The fourth-order valence-corrected chi connectivity index (χ4v) is 3.09. The van der Waals surface area contributed by atoms with Crippen molar-refractivity contribution in [2.24, 2.45) is 5.92 Å². The molecule has 4 nitrogen and oxygen atoms in total. The molecule has 0 amide bonds. The average Bonchev–Trinajstić information content (AvgIpc) is 2.53. The van der Waals surface area contributed by atoms with E-state index >= 15 is 0 Å². The van der Waals surface area contributed by atoms with Crippen LogP contribution in [0.2, 0.25) is 0 Å². The van der Waals surface area contributed by atoms with Gasteiger partial charge in [-0.25, -0.2) is 0 Å². The molecule has 2 aromatic rings. The Labute approximate surface area is 157 Å². The molecule has 1 aromatic carbocycles. The van der Waals surface area contributed by atoms with E-state index in [1.807, 2.05) is 10.8 Å². The van der Waals surface area contributed by atoms with E-state index in [-0.39, 0.29) is 29.7 Å². The summed E-state index contributed by atoms with van der Waals surface area (Å²) in [6.07, 6.45) is 3.24. The van der Waals surface area contributed by atoms with Crippen LogP contribution in [0.5, 0.6) is 17.2 Å². The van der Waals surface area contributed by atoms with Gasteiger partial charge in [0.1, 0.15) is 5.75 Å². The number of hydrogen-bond donors (Lipinski definition) is 1. The Kier molecular flexibility index (Phi) is 3.53. The average molecular weight is 356 g/mol. The highest BCUT2D eigenvalue weighted by Crippen LogP contribution is 2.37. The number of fused-ring (bicyclic) bond motifs is 3. The highest BCUT2D eigenvalue weighted by Gasteiger charge is 2.27. The van der Waals surface area contributed by atoms with Gasteiger partial charge in [0.05, 0.1) is 39.5 Å². The number of ether oxygens (including phenoxy) is 2. The lowest BCUT2D eigenvalue weighted by molar-refractivity contribution is -0.688. The third kappa shape index (κ3) is 3.29. The zero-order valence-corrected chi connectivity index (χ0v) is 14.4. The second kappa shape index (κ2) is 7.31. The third-order valence-electron chi connectivity index (χ3n) is 4.14. The van der Waals surface area contributed by atoms with Crippen LogP contribution < -0.4 is 26.4 Å². The molecule has 1 N–H and O–H groups in total. The van der Waals surface area contributed by atoms with Crippen molar-refractivity contribution in [1.82, 2.24) is 0 Å². The van der Waals surface area contributed by atoms with Gasteiger partial charge in [0, 0.05) is 6.42 Å². The maximum absolute atomic E-state index is 10.5. The van der Waals surface area contributed by atoms with Gasteiger partial charge in [-0.3, -0.25) is 0 Å². The van der Waals surface area contributed by atoms with Crippen molar-refractivity contribution in [2.75, 3.05) is 14.1 Å². The number of nitrogens with zero attached hydrogens (tertiary/aromatic N) is 1. The molecule has 2 heterocycles. The van der Waals surface area contributed by atoms with E-state index in [2.05, 4.69) is 13.8 Å². The lowest BCUT2D eigenvalue weighted by Gasteiger charge is -2.19. The Morgan fingerprint density at radius 3 is 2.58 bits per heavy atom. The van der Waals surface area contributed by atoms with Crippen molar-refractivity contribution in [3.8, 4) is 28.5 Å². The SMILES string of the molecule is [2H]C([2H])([2H])Oc1cc2c(cc1OC([2H])([2H])[2H])-c1cc(O)c(CC(C)C)c[n+]1CC2.[Cl-]. The Bertz CT molecular complexity index is 928. The van der Waals surface area contributed by atoms with Crippen LogP contribution in [0.1, 0.15) is 33.2 Å². The smallest absolute Gasteiger partial charge is 0.216 e. The number of methoxy groups -OCH3 is 2. The largest absolute Gasteiger partial charge is 1.00 e. The van der Waals surface area contributed by atoms with Crippen LogP contribution in [0.3, 0.4) is 0 Å². The second-order valence-corrected chi connectivity index (χ2v) is 6.27. The molecule has 3 rings (SSSR count). The molecule has 0 saturated carbocycles. The first-order chi connectivity index (χ1) is 13.3. The van der Waals surface area contributed by atoms with Crippen LogP contribution in [0.15, 0.2) is 24.4 Å². The Balaban J connectivity index is 0.00000320. The van der Waals surface area contributed by atoms with Gasteiger partial charge in [-0.15, -0.1) is 0 Å². The molecule has 1 aromatic heterocycles. The minimum absolute atomic E-state index is 0. The number of benzene rings is 1. The first-order valence-electron chi connectivity index (χ1n) is 10.6. The van der Waals surface area contributed by atoms with Gasteiger partial charge < -0.3 is 27.0 Å². The zero-order chi connectivity index (χ0) is 21.6. The fourth-order valence-electron chi connectivity index (χ4n) is 3.09. The van der Waals surface area contributed by atoms with Crippen molar-refractivity contribution >= 4 is 0 Å². The minimum atomic E-state index is -2.77. The molecular formula is C19H24ClNO3. The normalized spacial score (nSPS) is 17.0. The molecule has 0 saturated heterocycles. The highest BCUT2D eigenvalue weighted by atomic mass is 35.5. The highest BCUT2D eigenvalue weighted by molar-refractivity contribution is 5.68. The summed E-state index contributed by atoms with van der Waals surface area (Å²) in [6, 6.07) is 4.62. The van der Waals surface area contributed by atoms with Gasteiger partial charge in [-0.2, -0.15) is 4.57 Å². The summed E-state index contributed by atoms with van der Waals surface area (Å²) in [5, 5.41) is 10.5. The van der Waals surface area contributed by atoms with E-state index in [0.717, 1.165) is 17.5 Å². The molecule has 24 heavy (non-hydrogen) atoms. The molecule has 0 radical (unpaired) electrons. The van der Waals surface area contributed by atoms with Crippen LogP contribution in [0.25, 0.3) is 11.3 Å². The lowest BCUT2D eigenvalue weighted by Crippen LogP contribution is -3.00. The minimum Gasteiger partial charge on any atom is -1.00 e. The predicted molar refractivity (Wildman–Crippen MR) is 89.1 cm³/mol. The quantitative estimate of drug-likeness (QED) is 0.792. The van der Waals surface area contributed by atoms with Crippen molar-refractivity contribution in [3.63, 3.8) is 0 Å². The molecule has 5 heteroatoms. The zero-order valence-electron chi connectivity index (χ0n) is 19.6. The van der Waals surface area contributed by atoms with E-state index in [4.69, 9.17) is 17.7 Å². The number of rotatable bonds is 4. The van der Waals surface area contributed by atoms with Crippen molar-refractivity contribution in [3.05, 3.63) is 35.5 Å². The van der Waals surface area contributed by atoms with E-state index in [9.17, 15) is 5.11 Å². The van der Waals surface area contributed by atoms with Gasteiger partial charge >= 0.3 is 0 Å². The maximum atomic E-state index is 10.5. The van der Waals surface area contributed by atoms with Gasteiger partial charge in [0.15, 0.2) is 24.2 Å². The van der Waals surface area contributed by atoms with Crippen molar-refractivity contribution < 1.29 is 39.8 Å². The van der Waals surface area contributed by atoms with E-state index in [1.54, 1.807) is 6.07 Å². The van der Waals surface area contributed by atoms with Gasteiger partial charge in [0.2, 0.25) is 5.69 Å². The first-order valence-corrected chi connectivity index (χ1v) is 7.63. The topological polar surface area (TPSA) is 42.6 Å². The van der Waals surface area contributed by atoms with Gasteiger partial charge in [-0.1, -0.05) is 13.8 Å². The van der Waals surface area contributed by atoms with E-state index < -0.39 is 14.1 Å².